The average molecular weight is 688 g/mol. The van der Waals surface area contributed by atoms with Gasteiger partial charge in [-0.1, -0.05) is 36.4 Å². The first kappa shape index (κ1) is 32.2. The standard InChI is InChI=1S/C36H24F5N4O3P/c1-36(18-42,43-2)31-32(39)29(30(35(46)47)33(40)34(31)41)28-24-10-8-21(44-14-19(37)15-44)12-26(24)49(48,23-6-4-3-5-7-23)27-13-22(9-11-25(27)28)45-16-20(38)17-45/h3-13,19-20H,14-17H2,1H3/p+1. The molecule has 1 aliphatic carbocycles. The van der Waals surface area contributed by atoms with E-state index in [0.717, 1.165) is 6.92 Å². The van der Waals surface area contributed by atoms with E-state index in [1.807, 2.05) is 0 Å². The highest BCUT2D eigenvalue weighted by Crippen LogP contribution is 2.62. The Balaban J connectivity index is 1.65. The van der Waals surface area contributed by atoms with Gasteiger partial charge in [0.15, 0.2) is 37.9 Å². The normalized spacial score (nSPS) is 22.6. The molecule has 49 heavy (non-hydrogen) atoms. The van der Waals surface area contributed by atoms with Crippen molar-refractivity contribution in [2.24, 2.45) is 0 Å². The van der Waals surface area contributed by atoms with Crippen LogP contribution in [0.5, 0.6) is 0 Å². The number of carbonyl (C=O) groups is 1. The molecule has 0 aromatic heterocycles. The summed E-state index contributed by atoms with van der Waals surface area (Å²) in [5.41, 5.74) is -5.43. The monoisotopic (exact) mass is 687 g/mol. The van der Waals surface area contributed by atoms with Gasteiger partial charge in [0, 0.05) is 51.8 Å². The summed E-state index contributed by atoms with van der Waals surface area (Å²) in [6.07, 6.45) is 2.36. The highest BCUT2D eigenvalue weighted by molar-refractivity contribution is 7.83. The summed E-state index contributed by atoms with van der Waals surface area (Å²) in [5, 5.41) is 20.6. The van der Waals surface area contributed by atoms with Crippen molar-refractivity contribution in [1.29, 1.82) is 5.26 Å². The van der Waals surface area contributed by atoms with Crippen LogP contribution in [0.3, 0.4) is 0 Å². The number of alkyl halides is 2. The molecular weight excluding hydrogens is 662 g/mol. The minimum absolute atomic E-state index is 0.0288. The quantitative estimate of drug-likeness (QED) is 0.117. The van der Waals surface area contributed by atoms with E-state index in [-0.39, 0.29) is 53.5 Å². The molecule has 3 aliphatic heterocycles. The molecule has 1 N–H and O–H groups in total. The molecule has 0 radical (unpaired) electrons. The first-order valence-corrected chi connectivity index (χ1v) is 16.9. The number of hydrogen-bond acceptors (Lipinski definition) is 4. The van der Waals surface area contributed by atoms with E-state index in [1.54, 1.807) is 64.1 Å². The Morgan fingerprint density at radius 3 is 2.35 bits per heavy atom. The fraction of sp³-hybridized carbons (Fsp3) is 0.222. The lowest BCUT2D eigenvalue weighted by Crippen LogP contribution is -2.48. The first-order valence-electron chi connectivity index (χ1n) is 15.2. The molecule has 4 aliphatic rings. The number of carboxylic acid groups (broad SMARTS) is 1. The molecule has 2 saturated heterocycles. The van der Waals surface area contributed by atoms with Crippen LogP contribution in [0.1, 0.15) is 34.0 Å². The van der Waals surface area contributed by atoms with Gasteiger partial charge in [-0.3, -0.25) is 4.85 Å². The van der Waals surface area contributed by atoms with E-state index >= 15 is 17.7 Å². The fourth-order valence-electron chi connectivity index (χ4n) is 6.77. The van der Waals surface area contributed by atoms with Gasteiger partial charge < -0.3 is 14.6 Å². The summed E-state index contributed by atoms with van der Waals surface area (Å²) in [6, 6.07) is 14.4. The maximum Gasteiger partial charge on any atom is 0.343 e. The van der Waals surface area contributed by atoms with E-state index in [1.165, 1.54) is 18.2 Å². The lowest BCUT2D eigenvalue weighted by molar-refractivity contribution is -0.599. The number of anilines is 1. The molecule has 13 heteroatoms. The van der Waals surface area contributed by atoms with E-state index in [2.05, 4.69) is 4.85 Å². The number of carboxylic acids is 1. The number of fused-ring (bicyclic) bond motifs is 2. The second-order valence-corrected chi connectivity index (χ2v) is 15.1. The van der Waals surface area contributed by atoms with Gasteiger partial charge in [-0.25, -0.2) is 37.9 Å². The Kier molecular flexibility index (Phi) is 7.49. The third-order valence-corrected chi connectivity index (χ3v) is 12.5. The van der Waals surface area contributed by atoms with Crippen LogP contribution in [-0.2, 0) is 10.1 Å². The maximum atomic E-state index is 17.0. The van der Waals surface area contributed by atoms with Crippen molar-refractivity contribution in [2.75, 3.05) is 31.1 Å². The van der Waals surface area contributed by atoms with Crippen molar-refractivity contribution < 1.29 is 41.0 Å². The molecule has 2 unspecified atom stereocenters. The van der Waals surface area contributed by atoms with Crippen molar-refractivity contribution in [3.05, 3.63) is 129 Å². The van der Waals surface area contributed by atoms with Crippen LogP contribution in [0.25, 0.3) is 10.4 Å². The van der Waals surface area contributed by atoms with Gasteiger partial charge in [0.1, 0.15) is 23.1 Å². The van der Waals surface area contributed by atoms with Gasteiger partial charge in [0.25, 0.3) is 0 Å². The van der Waals surface area contributed by atoms with Gasteiger partial charge in [-0.15, -0.1) is 0 Å². The topological polar surface area (TPSA) is 88.8 Å². The zero-order valence-electron chi connectivity index (χ0n) is 25.7. The Labute approximate surface area is 277 Å². The van der Waals surface area contributed by atoms with Gasteiger partial charge in [0.2, 0.25) is 11.9 Å². The Morgan fingerprint density at radius 2 is 1.76 bits per heavy atom. The van der Waals surface area contributed by atoms with Gasteiger partial charge in [0.05, 0.1) is 13.1 Å². The van der Waals surface area contributed by atoms with Crippen molar-refractivity contribution in [3.63, 3.8) is 0 Å². The predicted octanol–water partition coefficient (Wildman–Crippen LogP) is 6.01. The zero-order valence-corrected chi connectivity index (χ0v) is 26.6. The van der Waals surface area contributed by atoms with E-state index in [4.69, 9.17) is 6.57 Å². The molecule has 3 aromatic rings. The van der Waals surface area contributed by atoms with Crippen LogP contribution in [-0.4, -0.2) is 59.9 Å². The predicted molar refractivity (Wildman–Crippen MR) is 173 cm³/mol. The number of allylic oxidation sites excluding steroid dienone is 5. The number of aromatic carboxylic acids is 1. The lowest BCUT2D eigenvalue weighted by Gasteiger charge is -2.39. The van der Waals surface area contributed by atoms with Crippen LogP contribution in [0, 0.1) is 35.4 Å². The van der Waals surface area contributed by atoms with Crippen LogP contribution in [0.15, 0.2) is 77.6 Å². The molecule has 0 bridgehead atoms. The summed E-state index contributed by atoms with van der Waals surface area (Å²) in [7, 11) is -3.97. The Hall–Kier alpha value is -5.32. The minimum Gasteiger partial charge on any atom is -0.478 e. The highest BCUT2D eigenvalue weighted by atomic mass is 31.2. The number of nitrogens with zero attached hydrogens (tertiary/aromatic N) is 4. The molecule has 3 heterocycles. The van der Waals surface area contributed by atoms with E-state index < -0.39 is 65.1 Å². The Bertz CT molecular complexity index is 2240. The molecule has 2 atom stereocenters. The summed E-state index contributed by atoms with van der Waals surface area (Å²) in [4.78, 5) is 17.4. The first-order chi connectivity index (χ1) is 23.3. The third-order valence-electron chi connectivity index (χ3n) is 9.42. The molecule has 0 amide bonds. The summed E-state index contributed by atoms with van der Waals surface area (Å²) < 4.78 is 93.9. The second kappa shape index (κ2) is 11.4. The lowest BCUT2D eigenvalue weighted by atomic mass is 9.82. The molecule has 246 valence electrons. The van der Waals surface area contributed by atoms with Gasteiger partial charge >= 0.3 is 11.5 Å². The highest BCUT2D eigenvalue weighted by Gasteiger charge is 2.49. The third kappa shape index (κ3) is 4.69. The number of nitriles is 1. The fourth-order valence-corrected chi connectivity index (χ4v) is 9.86. The smallest absolute Gasteiger partial charge is 0.343 e. The summed E-state index contributed by atoms with van der Waals surface area (Å²) in [5.74, 6) is -7.64. The molecule has 3 aromatic carbocycles. The Morgan fingerprint density at radius 1 is 1.06 bits per heavy atom. The summed E-state index contributed by atoms with van der Waals surface area (Å²) >= 11 is 0. The van der Waals surface area contributed by atoms with Crippen molar-refractivity contribution in [2.45, 2.75) is 24.8 Å². The van der Waals surface area contributed by atoms with E-state index in [0.29, 0.717) is 16.7 Å². The van der Waals surface area contributed by atoms with E-state index in [9.17, 15) is 23.9 Å². The van der Waals surface area contributed by atoms with Crippen LogP contribution < -0.4 is 15.5 Å². The van der Waals surface area contributed by atoms with Crippen molar-refractivity contribution in [1.82, 2.24) is 0 Å². The molecule has 7 nitrogen and oxygen atoms in total. The maximum absolute atomic E-state index is 17.0. The van der Waals surface area contributed by atoms with Gasteiger partial charge in [-0.05, 0) is 29.3 Å². The largest absolute Gasteiger partial charge is 0.478 e. The molecule has 2 fully saturated rings. The minimum atomic E-state index is -3.97. The molecule has 7 rings (SSSR count). The average Bonchev–Trinajstić information content (AvgIpc) is 3.07. The van der Waals surface area contributed by atoms with Crippen molar-refractivity contribution in [3.8, 4) is 6.07 Å². The number of rotatable bonds is 5. The van der Waals surface area contributed by atoms with Crippen molar-refractivity contribution >= 4 is 40.7 Å². The summed E-state index contributed by atoms with van der Waals surface area (Å²) in [6.45, 7) is 8.62. The van der Waals surface area contributed by atoms with Crippen LogP contribution in [0.4, 0.5) is 27.6 Å². The second-order valence-electron chi connectivity index (χ2n) is 12.4. The van der Waals surface area contributed by atoms with Gasteiger partial charge in [-0.2, -0.15) is 5.26 Å². The number of halogens is 5. The number of benzene rings is 3. The zero-order chi connectivity index (χ0) is 35.0. The number of hydrogen-bond donors (Lipinski definition) is 1. The molecular formula is C36H25F5N4O3P+. The molecule has 0 saturated carbocycles. The molecule has 0 spiro atoms. The van der Waals surface area contributed by atoms with Crippen LogP contribution in [0.2, 0.25) is 0 Å². The van der Waals surface area contributed by atoms with Crippen LogP contribution >= 0.6 is 7.14 Å². The SMILES string of the molecule is [C-]#[N+]C(C)(C#N)c1c(F)c(F)c(C(=O)O)c(C2=C3C=CC(=[N+]4CC(F)C4)C=C3P(=O)(c3ccccc3)c3cc(N4CC(F)C4)ccc32)c1F.